The lowest BCUT2D eigenvalue weighted by Gasteiger charge is -2.27. The molecule has 0 saturated heterocycles. The van der Waals surface area contributed by atoms with Crippen LogP contribution in [0.2, 0.25) is 0 Å². The molecular formula is C26H37N5O14. The second-order valence-electron chi connectivity index (χ2n) is 10.0. The summed E-state index contributed by atoms with van der Waals surface area (Å²) in [5, 5.41) is 68.9. The maximum absolute atomic E-state index is 11.8. The molecule has 8 N–H and O–H groups in total. The summed E-state index contributed by atoms with van der Waals surface area (Å²) >= 11 is 0. The van der Waals surface area contributed by atoms with Crippen LogP contribution in [0.3, 0.4) is 0 Å². The smallest absolute Gasteiger partial charge is 0.317 e. The molecule has 0 atom stereocenters. The Bertz CT molecular complexity index is 1140. The van der Waals surface area contributed by atoms with Crippen molar-refractivity contribution < 1.29 is 69.3 Å². The topological polar surface area (TPSA) is 286 Å². The van der Waals surface area contributed by atoms with E-state index in [1.807, 2.05) is 0 Å². The van der Waals surface area contributed by atoms with E-state index >= 15 is 0 Å². The van der Waals surface area contributed by atoms with Crippen molar-refractivity contribution in [1.82, 2.24) is 19.6 Å². The molecule has 45 heavy (non-hydrogen) atoms. The molecule has 0 fully saturated rings. The Morgan fingerprint density at radius 3 is 1.07 bits per heavy atom. The predicted molar refractivity (Wildman–Crippen MR) is 152 cm³/mol. The van der Waals surface area contributed by atoms with Crippen molar-refractivity contribution in [3.63, 3.8) is 0 Å². The van der Waals surface area contributed by atoms with Gasteiger partial charge in [-0.05, 0) is 12.1 Å². The van der Waals surface area contributed by atoms with E-state index in [9.17, 15) is 48.9 Å². The standard InChI is InChI=1S/C26H37N5O14/c1-16(32)27-19-6-17(8-28(10-20(33)34)2-4-30(12-22(37)38)13-23(39)40)26(45)18(7-19)9-29(11-21(35)36)3-5-31(14-24(41)42)15-25(43)44/h6-7,45H,2-5,8-15H2,1H3,(H,27,32)(H,33,34)(H,35,36)(H,37,38)(H,39,40)(H,41,42)(H,43,44). The van der Waals surface area contributed by atoms with Gasteiger partial charge in [0.2, 0.25) is 5.91 Å². The first-order chi connectivity index (χ1) is 20.9. The third kappa shape index (κ3) is 16.5. The van der Waals surface area contributed by atoms with Crippen LogP contribution in [-0.4, -0.2) is 163 Å². The minimum absolute atomic E-state index is 0.0918. The SMILES string of the molecule is CC(=O)Nc1cc(CN(CCN(CC(=O)O)CC(=O)O)CC(=O)O)c(O)c(CN(CCN(CC(=O)O)CC(=O)O)CC(=O)O)c1. The summed E-state index contributed by atoms with van der Waals surface area (Å²) in [6.45, 7) is -3.64. The number of carbonyl (C=O) groups is 7. The van der Waals surface area contributed by atoms with E-state index in [4.69, 9.17) is 20.4 Å². The average Bonchev–Trinajstić information content (AvgIpc) is 2.85. The third-order valence-electron chi connectivity index (χ3n) is 5.99. The maximum Gasteiger partial charge on any atom is 0.317 e. The summed E-state index contributed by atoms with van der Waals surface area (Å²) in [5.74, 6) is -8.66. The van der Waals surface area contributed by atoms with Crippen molar-refractivity contribution in [3.8, 4) is 5.75 Å². The van der Waals surface area contributed by atoms with Crippen LogP contribution in [0.15, 0.2) is 12.1 Å². The number of aliphatic carboxylic acids is 6. The maximum atomic E-state index is 11.8. The minimum atomic E-state index is -1.30. The molecule has 0 bridgehead atoms. The number of benzene rings is 1. The van der Waals surface area contributed by atoms with Crippen LogP contribution in [-0.2, 0) is 46.7 Å². The van der Waals surface area contributed by atoms with Gasteiger partial charge in [0.05, 0.1) is 39.3 Å². The van der Waals surface area contributed by atoms with Gasteiger partial charge < -0.3 is 41.1 Å². The summed E-state index contributed by atoms with van der Waals surface area (Å²) in [4.78, 5) is 84.2. The predicted octanol–water partition coefficient (Wildman–Crippen LogP) is -1.93. The molecule has 0 aliphatic carbocycles. The number of nitrogens with one attached hydrogen (secondary N) is 1. The van der Waals surface area contributed by atoms with Gasteiger partial charge in [0, 0.05) is 63.0 Å². The Morgan fingerprint density at radius 1 is 0.533 bits per heavy atom. The normalized spacial score (nSPS) is 11.2. The Kier molecular flexibility index (Phi) is 15.9. The van der Waals surface area contributed by atoms with Crippen LogP contribution in [0.5, 0.6) is 5.75 Å². The lowest BCUT2D eigenvalue weighted by Crippen LogP contribution is -2.41. The van der Waals surface area contributed by atoms with Crippen LogP contribution >= 0.6 is 0 Å². The average molecular weight is 644 g/mol. The lowest BCUT2D eigenvalue weighted by atomic mass is 10.1. The number of amides is 1. The fourth-order valence-corrected chi connectivity index (χ4v) is 4.33. The zero-order valence-corrected chi connectivity index (χ0v) is 24.4. The zero-order valence-electron chi connectivity index (χ0n) is 24.4. The molecule has 19 heteroatoms. The van der Waals surface area contributed by atoms with Gasteiger partial charge >= 0.3 is 35.8 Å². The van der Waals surface area contributed by atoms with Gasteiger partial charge in [-0.2, -0.15) is 0 Å². The first kappa shape index (κ1) is 38.2. The van der Waals surface area contributed by atoms with Crippen molar-refractivity contribution in [2.75, 3.05) is 70.8 Å². The Labute approximate surface area is 256 Å². The molecule has 0 saturated carbocycles. The summed E-state index contributed by atoms with van der Waals surface area (Å²) in [7, 11) is 0. The van der Waals surface area contributed by atoms with Crippen molar-refractivity contribution in [2.24, 2.45) is 0 Å². The van der Waals surface area contributed by atoms with Gasteiger partial charge in [-0.3, -0.25) is 53.2 Å². The van der Waals surface area contributed by atoms with Crippen LogP contribution in [0.1, 0.15) is 18.1 Å². The summed E-state index contributed by atoms with van der Waals surface area (Å²) in [6.07, 6.45) is 0. The van der Waals surface area contributed by atoms with E-state index in [0.717, 1.165) is 9.80 Å². The summed E-state index contributed by atoms with van der Waals surface area (Å²) in [5.41, 5.74) is 0.343. The number of aromatic hydroxyl groups is 1. The van der Waals surface area contributed by atoms with Crippen molar-refractivity contribution in [2.45, 2.75) is 20.0 Å². The number of phenolic OH excluding ortho intramolecular Hbond substituents is 1. The zero-order chi connectivity index (χ0) is 34.3. The third-order valence-corrected chi connectivity index (χ3v) is 5.99. The molecule has 0 aromatic heterocycles. The van der Waals surface area contributed by atoms with Gasteiger partial charge in [-0.15, -0.1) is 0 Å². The van der Waals surface area contributed by atoms with Crippen LogP contribution < -0.4 is 5.32 Å². The van der Waals surface area contributed by atoms with Gasteiger partial charge in [-0.1, -0.05) is 0 Å². The van der Waals surface area contributed by atoms with Crippen LogP contribution in [0.4, 0.5) is 5.69 Å². The monoisotopic (exact) mass is 643 g/mol. The lowest BCUT2D eigenvalue weighted by molar-refractivity contribution is -0.144. The van der Waals surface area contributed by atoms with E-state index < -0.39 is 86.7 Å². The highest BCUT2D eigenvalue weighted by molar-refractivity contribution is 5.89. The first-order valence-electron chi connectivity index (χ1n) is 13.3. The molecule has 0 aliphatic rings. The van der Waals surface area contributed by atoms with E-state index in [1.54, 1.807) is 0 Å². The highest BCUT2D eigenvalue weighted by Gasteiger charge is 2.22. The molecule has 19 nitrogen and oxygen atoms in total. The Hall–Kier alpha value is -4.85. The number of rotatable bonds is 23. The molecule has 0 radical (unpaired) electrons. The second-order valence-corrected chi connectivity index (χ2v) is 10.0. The number of anilines is 1. The van der Waals surface area contributed by atoms with E-state index in [2.05, 4.69) is 5.32 Å². The molecule has 0 heterocycles. The molecule has 1 rings (SSSR count). The number of phenols is 1. The second kappa shape index (κ2) is 18.7. The quantitative estimate of drug-likeness (QED) is 0.0602. The molecule has 1 aromatic rings. The molecule has 1 amide bonds. The molecule has 0 aliphatic heterocycles. The van der Waals surface area contributed by atoms with Gasteiger partial charge in [0.15, 0.2) is 0 Å². The molecule has 1 aromatic carbocycles. The minimum Gasteiger partial charge on any atom is -0.507 e. The number of hydrogen-bond acceptors (Lipinski definition) is 12. The van der Waals surface area contributed by atoms with E-state index in [-0.39, 0.29) is 56.1 Å². The number of carbonyl (C=O) groups excluding carboxylic acids is 1. The number of carboxylic acid groups (broad SMARTS) is 6. The number of hydrogen-bond donors (Lipinski definition) is 8. The van der Waals surface area contributed by atoms with Gasteiger partial charge in [0.25, 0.3) is 0 Å². The Balaban J connectivity index is 3.38. The molecular weight excluding hydrogens is 606 g/mol. The first-order valence-corrected chi connectivity index (χ1v) is 13.3. The summed E-state index contributed by atoms with van der Waals surface area (Å²) < 4.78 is 0. The van der Waals surface area contributed by atoms with E-state index in [1.165, 1.54) is 28.9 Å². The molecule has 0 spiro atoms. The molecule has 250 valence electrons. The van der Waals surface area contributed by atoms with E-state index in [0.29, 0.717) is 0 Å². The Morgan fingerprint density at radius 2 is 0.800 bits per heavy atom. The number of nitrogens with zero attached hydrogens (tertiary/aromatic N) is 4. The van der Waals surface area contributed by atoms with Crippen molar-refractivity contribution in [1.29, 1.82) is 0 Å². The van der Waals surface area contributed by atoms with Gasteiger partial charge in [0.1, 0.15) is 5.75 Å². The van der Waals surface area contributed by atoms with Crippen LogP contribution in [0, 0.1) is 0 Å². The van der Waals surface area contributed by atoms with Crippen molar-refractivity contribution in [3.05, 3.63) is 23.3 Å². The van der Waals surface area contributed by atoms with Crippen LogP contribution in [0.25, 0.3) is 0 Å². The summed E-state index contributed by atoms with van der Waals surface area (Å²) in [6, 6.07) is 2.70. The van der Waals surface area contributed by atoms with Gasteiger partial charge in [-0.25, -0.2) is 0 Å². The van der Waals surface area contributed by atoms with Crippen molar-refractivity contribution >= 4 is 47.4 Å². The highest BCUT2D eigenvalue weighted by atomic mass is 16.4. The largest absolute Gasteiger partial charge is 0.507 e. The fourth-order valence-electron chi connectivity index (χ4n) is 4.33. The fraction of sp³-hybridized carbons (Fsp3) is 0.500. The number of carboxylic acids is 6. The highest BCUT2D eigenvalue weighted by Crippen LogP contribution is 2.30. The molecule has 0 unspecified atom stereocenters.